The summed E-state index contributed by atoms with van der Waals surface area (Å²) in [5.74, 6) is 0.620. The molecule has 0 amide bonds. The molecule has 0 aromatic heterocycles. The van der Waals surface area contributed by atoms with E-state index in [9.17, 15) is 0 Å². The lowest BCUT2D eigenvalue weighted by atomic mass is 9.79. The first-order valence-electron chi connectivity index (χ1n) is 7.62. The lowest BCUT2D eigenvalue weighted by molar-refractivity contribution is 0.0675. The van der Waals surface area contributed by atoms with Crippen molar-refractivity contribution in [3.63, 3.8) is 0 Å². The molecule has 1 aromatic carbocycles. The average Bonchev–Trinajstić information content (AvgIpc) is 2.45. The molecule has 0 spiro atoms. The van der Waals surface area contributed by atoms with E-state index in [0.29, 0.717) is 5.92 Å². The Labute approximate surface area is 117 Å². The maximum atomic E-state index is 6.38. The predicted octanol–water partition coefficient (Wildman–Crippen LogP) is 3.64. The molecule has 19 heavy (non-hydrogen) atoms. The van der Waals surface area contributed by atoms with Gasteiger partial charge in [-0.05, 0) is 49.1 Å². The third kappa shape index (κ3) is 3.58. The van der Waals surface area contributed by atoms with Gasteiger partial charge in [0.25, 0.3) is 0 Å². The van der Waals surface area contributed by atoms with Crippen molar-refractivity contribution < 1.29 is 4.74 Å². The first-order chi connectivity index (χ1) is 9.26. The highest BCUT2D eigenvalue weighted by atomic mass is 16.5. The van der Waals surface area contributed by atoms with Crippen LogP contribution in [0.25, 0.3) is 0 Å². The molecule has 0 heterocycles. The summed E-state index contributed by atoms with van der Waals surface area (Å²) >= 11 is 0. The van der Waals surface area contributed by atoms with Crippen molar-refractivity contribution in [1.82, 2.24) is 0 Å². The zero-order valence-corrected chi connectivity index (χ0v) is 12.3. The van der Waals surface area contributed by atoms with E-state index in [1.807, 2.05) is 0 Å². The van der Waals surface area contributed by atoms with Gasteiger partial charge in [-0.2, -0.15) is 0 Å². The average molecular weight is 261 g/mol. The van der Waals surface area contributed by atoms with Crippen LogP contribution in [0.15, 0.2) is 24.3 Å². The van der Waals surface area contributed by atoms with Crippen LogP contribution in [0, 0.1) is 0 Å². The van der Waals surface area contributed by atoms with Gasteiger partial charge in [0.05, 0.1) is 6.10 Å². The highest BCUT2D eigenvalue weighted by Gasteiger charge is 2.25. The molecular weight excluding hydrogens is 234 g/mol. The third-order valence-corrected chi connectivity index (χ3v) is 4.40. The van der Waals surface area contributed by atoms with Crippen molar-refractivity contribution in [1.29, 1.82) is 0 Å². The number of aryl methyl sites for hydroxylation is 1. The summed E-state index contributed by atoms with van der Waals surface area (Å²) in [6, 6.07) is 9.01. The Balaban J connectivity index is 2.03. The SMILES string of the molecule is CCCC(OC)C(N)CC1CCCc2ccccc21. The zero-order valence-electron chi connectivity index (χ0n) is 12.3. The Hall–Kier alpha value is -0.860. The summed E-state index contributed by atoms with van der Waals surface area (Å²) in [6.45, 7) is 2.19. The monoisotopic (exact) mass is 261 g/mol. The van der Waals surface area contributed by atoms with E-state index in [0.717, 1.165) is 19.3 Å². The summed E-state index contributed by atoms with van der Waals surface area (Å²) < 4.78 is 5.56. The van der Waals surface area contributed by atoms with E-state index in [2.05, 4.69) is 31.2 Å². The van der Waals surface area contributed by atoms with Gasteiger partial charge >= 0.3 is 0 Å². The van der Waals surface area contributed by atoms with E-state index in [1.165, 1.54) is 30.4 Å². The minimum Gasteiger partial charge on any atom is -0.380 e. The molecule has 0 fully saturated rings. The largest absolute Gasteiger partial charge is 0.380 e. The Kier molecular flexibility index (Phi) is 5.41. The fourth-order valence-electron chi connectivity index (χ4n) is 3.37. The quantitative estimate of drug-likeness (QED) is 0.848. The van der Waals surface area contributed by atoms with Crippen LogP contribution in [0.4, 0.5) is 0 Å². The van der Waals surface area contributed by atoms with Gasteiger partial charge in [0.1, 0.15) is 0 Å². The molecule has 2 rings (SSSR count). The number of rotatable bonds is 6. The second kappa shape index (κ2) is 7.06. The second-order valence-electron chi connectivity index (χ2n) is 5.75. The lowest BCUT2D eigenvalue weighted by Crippen LogP contribution is -2.37. The number of hydrogen-bond acceptors (Lipinski definition) is 2. The molecule has 0 saturated carbocycles. The van der Waals surface area contributed by atoms with Crippen molar-refractivity contribution >= 4 is 0 Å². The van der Waals surface area contributed by atoms with Crippen molar-refractivity contribution in [3.8, 4) is 0 Å². The Morgan fingerprint density at radius 2 is 2.16 bits per heavy atom. The van der Waals surface area contributed by atoms with Gasteiger partial charge in [0, 0.05) is 13.2 Å². The number of nitrogens with two attached hydrogens (primary N) is 1. The van der Waals surface area contributed by atoms with Gasteiger partial charge in [-0.15, -0.1) is 0 Å². The molecule has 1 aliphatic carbocycles. The van der Waals surface area contributed by atoms with E-state index < -0.39 is 0 Å². The minimum atomic E-state index is 0.154. The van der Waals surface area contributed by atoms with Crippen LogP contribution in [-0.2, 0) is 11.2 Å². The van der Waals surface area contributed by atoms with E-state index in [-0.39, 0.29) is 12.1 Å². The molecule has 0 bridgehead atoms. The molecule has 106 valence electrons. The zero-order chi connectivity index (χ0) is 13.7. The maximum Gasteiger partial charge on any atom is 0.0722 e. The normalized spacial score (nSPS) is 21.7. The van der Waals surface area contributed by atoms with Gasteiger partial charge in [-0.1, -0.05) is 37.6 Å². The van der Waals surface area contributed by atoms with Gasteiger partial charge in [-0.3, -0.25) is 0 Å². The van der Waals surface area contributed by atoms with Crippen LogP contribution in [0.2, 0.25) is 0 Å². The van der Waals surface area contributed by atoms with Gasteiger partial charge in [0.2, 0.25) is 0 Å². The number of methoxy groups -OCH3 is 1. The van der Waals surface area contributed by atoms with E-state index >= 15 is 0 Å². The molecular formula is C17H27NO. The van der Waals surface area contributed by atoms with Crippen LogP contribution in [-0.4, -0.2) is 19.3 Å². The molecule has 2 N–H and O–H groups in total. The van der Waals surface area contributed by atoms with Crippen LogP contribution < -0.4 is 5.73 Å². The Bertz CT molecular complexity index is 391. The predicted molar refractivity (Wildman–Crippen MR) is 80.4 cm³/mol. The lowest BCUT2D eigenvalue weighted by Gasteiger charge is -2.30. The molecule has 0 aliphatic heterocycles. The first kappa shape index (κ1) is 14.5. The van der Waals surface area contributed by atoms with Gasteiger partial charge < -0.3 is 10.5 Å². The van der Waals surface area contributed by atoms with Crippen LogP contribution in [0.3, 0.4) is 0 Å². The van der Waals surface area contributed by atoms with Crippen LogP contribution in [0.1, 0.15) is 56.1 Å². The van der Waals surface area contributed by atoms with Crippen molar-refractivity contribution in [2.45, 2.75) is 63.5 Å². The summed E-state index contributed by atoms with van der Waals surface area (Å²) in [5, 5.41) is 0. The molecule has 3 atom stereocenters. The van der Waals surface area contributed by atoms with Crippen molar-refractivity contribution in [3.05, 3.63) is 35.4 Å². The molecule has 2 nitrogen and oxygen atoms in total. The minimum absolute atomic E-state index is 0.154. The molecule has 0 radical (unpaired) electrons. The fraction of sp³-hybridized carbons (Fsp3) is 0.647. The first-order valence-corrected chi connectivity index (χ1v) is 7.62. The Morgan fingerprint density at radius 3 is 2.89 bits per heavy atom. The topological polar surface area (TPSA) is 35.2 Å². The van der Waals surface area contributed by atoms with E-state index in [1.54, 1.807) is 7.11 Å². The summed E-state index contributed by atoms with van der Waals surface area (Å²) in [7, 11) is 1.79. The molecule has 3 unspecified atom stereocenters. The molecule has 0 saturated heterocycles. The summed E-state index contributed by atoms with van der Waals surface area (Å²) in [5.41, 5.74) is 9.42. The van der Waals surface area contributed by atoms with Gasteiger partial charge in [-0.25, -0.2) is 0 Å². The summed E-state index contributed by atoms with van der Waals surface area (Å²) in [6.07, 6.45) is 7.24. The van der Waals surface area contributed by atoms with Crippen molar-refractivity contribution in [2.75, 3.05) is 7.11 Å². The van der Waals surface area contributed by atoms with Crippen molar-refractivity contribution in [2.24, 2.45) is 5.73 Å². The second-order valence-corrected chi connectivity index (χ2v) is 5.75. The fourth-order valence-corrected chi connectivity index (χ4v) is 3.37. The number of benzene rings is 1. The van der Waals surface area contributed by atoms with Gasteiger partial charge in [0.15, 0.2) is 0 Å². The molecule has 1 aliphatic rings. The summed E-state index contributed by atoms with van der Waals surface area (Å²) in [4.78, 5) is 0. The van der Waals surface area contributed by atoms with Crippen LogP contribution >= 0.6 is 0 Å². The number of hydrogen-bond donors (Lipinski definition) is 1. The standard InChI is InChI=1S/C17H27NO/c1-3-7-17(19-2)16(18)12-14-10-6-9-13-8-4-5-11-15(13)14/h4-5,8,11,14,16-17H,3,6-7,9-10,12,18H2,1-2H3. The molecule has 1 aromatic rings. The smallest absolute Gasteiger partial charge is 0.0722 e. The third-order valence-electron chi connectivity index (χ3n) is 4.40. The highest BCUT2D eigenvalue weighted by Crippen LogP contribution is 2.35. The number of ether oxygens (including phenoxy) is 1. The maximum absolute atomic E-state index is 6.38. The number of fused-ring (bicyclic) bond motifs is 1. The van der Waals surface area contributed by atoms with E-state index in [4.69, 9.17) is 10.5 Å². The molecule has 2 heteroatoms. The van der Waals surface area contributed by atoms with Crippen LogP contribution in [0.5, 0.6) is 0 Å². The highest BCUT2D eigenvalue weighted by molar-refractivity contribution is 5.32. The Morgan fingerprint density at radius 1 is 1.37 bits per heavy atom.